The van der Waals surface area contributed by atoms with Gasteiger partial charge >= 0.3 is 0 Å². The Hall–Kier alpha value is -0.880. The van der Waals surface area contributed by atoms with Crippen LogP contribution in [0.5, 0.6) is 0 Å². The standard InChI is InChI=1S/C11H18N2O2S2/c1-11(2,3)17(14,15)8-7-13-6-4-5-9(13)10(12)16/h4-6H,7-8H2,1-3H3,(H2,12,16). The van der Waals surface area contributed by atoms with Gasteiger partial charge in [-0.15, -0.1) is 0 Å². The first kappa shape index (κ1) is 14.2. The molecule has 0 saturated heterocycles. The second-order valence-corrected chi connectivity index (χ2v) is 8.18. The third kappa shape index (κ3) is 3.29. The van der Waals surface area contributed by atoms with Gasteiger partial charge in [0.2, 0.25) is 0 Å². The Morgan fingerprint density at radius 2 is 2.06 bits per heavy atom. The number of nitrogens with zero attached hydrogens (tertiary/aromatic N) is 1. The van der Waals surface area contributed by atoms with Crippen molar-refractivity contribution >= 4 is 27.0 Å². The molecule has 0 bridgehead atoms. The lowest BCUT2D eigenvalue weighted by Crippen LogP contribution is -2.32. The molecule has 17 heavy (non-hydrogen) atoms. The van der Waals surface area contributed by atoms with Crippen LogP contribution in [0.25, 0.3) is 0 Å². The molecule has 1 aromatic rings. The molecule has 0 saturated carbocycles. The summed E-state index contributed by atoms with van der Waals surface area (Å²) in [6.07, 6.45) is 1.78. The van der Waals surface area contributed by atoms with E-state index >= 15 is 0 Å². The zero-order valence-electron chi connectivity index (χ0n) is 10.3. The molecule has 1 aromatic heterocycles. The van der Waals surface area contributed by atoms with Gasteiger partial charge in [-0.05, 0) is 32.9 Å². The molecule has 0 spiro atoms. The van der Waals surface area contributed by atoms with E-state index in [-0.39, 0.29) is 10.7 Å². The highest BCUT2D eigenvalue weighted by molar-refractivity contribution is 7.92. The molecule has 0 unspecified atom stereocenters. The molecular weight excluding hydrogens is 256 g/mol. The fourth-order valence-corrected chi connectivity index (χ4v) is 2.59. The minimum atomic E-state index is -3.12. The summed E-state index contributed by atoms with van der Waals surface area (Å²) in [5, 5.41) is 0. The number of aromatic nitrogens is 1. The van der Waals surface area contributed by atoms with Gasteiger partial charge in [-0.25, -0.2) is 8.42 Å². The number of thiocarbonyl (C=S) groups is 1. The van der Waals surface area contributed by atoms with Gasteiger partial charge < -0.3 is 10.3 Å². The smallest absolute Gasteiger partial charge is 0.156 e. The molecule has 0 aliphatic heterocycles. The first-order valence-corrected chi connectivity index (χ1v) is 7.38. The van der Waals surface area contributed by atoms with E-state index in [1.807, 2.05) is 0 Å². The van der Waals surface area contributed by atoms with E-state index in [1.165, 1.54) is 0 Å². The highest BCUT2D eigenvalue weighted by atomic mass is 32.2. The minimum Gasteiger partial charge on any atom is -0.388 e. The summed E-state index contributed by atoms with van der Waals surface area (Å²) in [6, 6.07) is 3.59. The summed E-state index contributed by atoms with van der Waals surface area (Å²) >= 11 is 4.89. The second kappa shape index (κ2) is 4.78. The lowest BCUT2D eigenvalue weighted by atomic mass is 10.3. The Balaban J connectivity index is 2.82. The van der Waals surface area contributed by atoms with E-state index in [0.717, 1.165) is 0 Å². The molecule has 0 aromatic carbocycles. The molecule has 1 heterocycles. The maximum Gasteiger partial charge on any atom is 0.156 e. The van der Waals surface area contributed by atoms with Crippen molar-refractivity contribution in [2.45, 2.75) is 32.1 Å². The topological polar surface area (TPSA) is 65.1 Å². The molecule has 1 rings (SSSR count). The number of rotatable bonds is 4. The summed E-state index contributed by atoms with van der Waals surface area (Å²) in [5.74, 6) is 0.0841. The van der Waals surface area contributed by atoms with Crippen LogP contribution in [0.2, 0.25) is 0 Å². The van der Waals surface area contributed by atoms with Gasteiger partial charge in [0, 0.05) is 12.7 Å². The number of hydrogen-bond acceptors (Lipinski definition) is 3. The predicted molar refractivity (Wildman–Crippen MR) is 73.9 cm³/mol. The Bertz CT molecular complexity index is 510. The van der Waals surface area contributed by atoms with Crippen molar-refractivity contribution in [3.8, 4) is 0 Å². The van der Waals surface area contributed by atoms with Crippen molar-refractivity contribution in [2.24, 2.45) is 5.73 Å². The van der Waals surface area contributed by atoms with Crippen molar-refractivity contribution in [2.75, 3.05) is 5.75 Å². The van der Waals surface area contributed by atoms with E-state index in [4.69, 9.17) is 18.0 Å². The SMILES string of the molecule is CC(C)(C)S(=O)(=O)CCn1cccc1C(N)=S. The second-order valence-electron chi connectivity index (χ2n) is 4.88. The van der Waals surface area contributed by atoms with Gasteiger partial charge in [-0.2, -0.15) is 0 Å². The zero-order valence-corrected chi connectivity index (χ0v) is 11.9. The quantitative estimate of drug-likeness (QED) is 0.841. The summed E-state index contributed by atoms with van der Waals surface area (Å²) in [6.45, 7) is 5.48. The normalized spacial score (nSPS) is 12.6. The lowest BCUT2D eigenvalue weighted by molar-refractivity contribution is 0.554. The molecule has 0 atom stereocenters. The predicted octanol–water partition coefficient (Wildman–Crippen LogP) is 1.34. The van der Waals surface area contributed by atoms with Gasteiger partial charge in [0.05, 0.1) is 16.2 Å². The van der Waals surface area contributed by atoms with Crippen LogP contribution in [0.3, 0.4) is 0 Å². The maximum absolute atomic E-state index is 12.0. The molecular formula is C11H18N2O2S2. The van der Waals surface area contributed by atoms with Gasteiger partial charge in [0.25, 0.3) is 0 Å². The summed E-state index contributed by atoms with van der Waals surface area (Å²) in [5.41, 5.74) is 6.24. The Morgan fingerprint density at radius 3 is 2.53 bits per heavy atom. The van der Waals surface area contributed by atoms with E-state index < -0.39 is 14.6 Å². The number of nitrogens with two attached hydrogens (primary N) is 1. The Morgan fingerprint density at radius 1 is 1.47 bits per heavy atom. The van der Waals surface area contributed by atoms with Gasteiger partial charge in [0.15, 0.2) is 9.84 Å². The highest BCUT2D eigenvalue weighted by Gasteiger charge is 2.28. The third-order valence-corrected chi connectivity index (χ3v) is 5.41. The van der Waals surface area contributed by atoms with Crippen LogP contribution >= 0.6 is 12.2 Å². The first-order chi connectivity index (χ1) is 7.65. The molecule has 2 N–H and O–H groups in total. The molecule has 96 valence electrons. The summed E-state index contributed by atoms with van der Waals surface area (Å²) in [7, 11) is -3.12. The van der Waals surface area contributed by atoms with Crippen molar-refractivity contribution in [3.63, 3.8) is 0 Å². The zero-order chi connectivity index (χ0) is 13.3. The number of hydrogen-bond donors (Lipinski definition) is 1. The van der Waals surface area contributed by atoms with E-state index in [2.05, 4.69) is 0 Å². The van der Waals surface area contributed by atoms with Crippen LogP contribution < -0.4 is 5.73 Å². The monoisotopic (exact) mass is 274 g/mol. The minimum absolute atomic E-state index is 0.0841. The van der Waals surface area contributed by atoms with Gasteiger partial charge in [-0.3, -0.25) is 0 Å². The average molecular weight is 274 g/mol. The van der Waals surface area contributed by atoms with Crippen molar-refractivity contribution in [1.82, 2.24) is 4.57 Å². The van der Waals surface area contributed by atoms with Crippen molar-refractivity contribution < 1.29 is 8.42 Å². The molecule has 4 nitrogen and oxygen atoms in total. The van der Waals surface area contributed by atoms with Gasteiger partial charge in [-0.1, -0.05) is 12.2 Å². The number of aryl methyl sites for hydroxylation is 1. The molecule has 0 fully saturated rings. The first-order valence-electron chi connectivity index (χ1n) is 5.32. The van der Waals surface area contributed by atoms with E-state index in [9.17, 15) is 8.42 Å². The lowest BCUT2D eigenvalue weighted by Gasteiger charge is -2.19. The highest BCUT2D eigenvalue weighted by Crippen LogP contribution is 2.16. The van der Waals surface area contributed by atoms with E-state index in [0.29, 0.717) is 12.2 Å². The fraction of sp³-hybridized carbons (Fsp3) is 0.545. The third-order valence-electron chi connectivity index (χ3n) is 2.62. The average Bonchev–Trinajstić information content (AvgIpc) is 2.60. The van der Waals surface area contributed by atoms with E-state index in [1.54, 1.807) is 43.7 Å². The summed E-state index contributed by atoms with van der Waals surface area (Å²) in [4.78, 5) is 0.281. The maximum atomic E-state index is 12.0. The van der Waals surface area contributed by atoms with Crippen LogP contribution in [0.1, 0.15) is 26.5 Å². The van der Waals surface area contributed by atoms with Gasteiger partial charge in [0.1, 0.15) is 4.99 Å². The number of sulfone groups is 1. The van der Waals surface area contributed by atoms with Crippen LogP contribution in [0, 0.1) is 0 Å². The van der Waals surface area contributed by atoms with Crippen LogP contribution in [0.4, 0.5) is 0 Å². The largest absolute Gasteiger partial charge is 0.388 e. The fourth-order valence-electron chi connectivity index (χ4n) is 1.36. The Kier molecular flexibility index (Phi) is 3.99. The molecule has 0 radical (unpaired) electrons. The molecule has 0 amide bonds. The molecule has 0 aliphatic rings. The summed E-state index contributed by atoms with van der Waals surface area (Å²) < 4.78 is 24.9. The van der Waals surface area contributed by atoms with Crippen molar-refractivity contribution in [3.05, 3.63) is 24.0 Å². The van der Waals surface area contributed by atoms with Crippen LogP contribution in [0.15, 0.2) is 18.3 Å². The van der Waals surface area contributed by atoms with Crippen molar-refractivity contribution in [1.29, 1.82) is 0 Å². The Labute approximate surface area is 108 Å². The van der Waals surface area contributed by atoms with Crippen LogP contribution in [-0.4, -0.2) is 28.5 Å². The molecule has 6 heteroatoms. The molecule has 0 aliphatic carbocycles. The van der Waals surface area contributed by atoms with Crippen LogP contribution in [-0.2, 0) is 16.4 Å².